The van der Waals surface area contributed by atoms with Gasteiger partial charge in [-0.25, -0.2) is 8.42 Å². The quantitative estimate of drug-likeness (QED) is 0.349. The second kappa shape index (κ2) is 12.6. The number of aliphatic hydroxyl groups excluding tert-OH is 1. The van der Waals surface area contributed by atoms with Crippen LogP contribution in [0, 0.1) is 5.92 Å². The highest BCUT2D eigenvalue weighted by atomic mass is 32.2. The number of amides is 1. The first-order chi connectivity index (χ1) is 20.0. The Morgan fingerprint density at radius 2 is 1.86 bits per heavy atom. The first kappa shape index (κ1) is 30.3. The van der Waals surface area contributed by atoms with Crippen molar-refractivity contribution in [1.29, 1.82) is 0 Å². The molecule has 1 aromatic carbocycles. The van der Waals surface area contributed by atoms with Gasteiger partial charge in [0.25, 0.3) is 11.5 Å². The standard InChI is InChI=1S/C31H41N5O5S/c1-21(2)36-29-9-5-4-8-24(29)15-28(31(36)39)30(38)33-17-23-13-25-10-11-26(14-23)35(25)20-27(37)19-34(42(3,40)41)18-22-7-6-12-32-16-22/h4-9,12,15-16,21,23,25-27,37H,10-11,13-14,17-20H2,1-3H3,(H,33,38)/t23?,25-,26+,27?. The molecule has 226 valence electrons. The van der Waals surface area contributed by atoms with E-state index in [2.05, 4.69) is 15.2 Å². The van der Waals surface area contributed by atoms with Crippen molar-refractivity contribution in [2.75, 3.05) is 25.9 Å². The molecular weight excluding hydrogens is 554 g/mol. The van der Waals surface area contributed by atoms with Crippen LogP contribution < -0.4 is 10.9 Å². The number of aliphatic hydroxyl groups is 1. The zero-order valence-corrected chi connectivity index (χ0v) is 25.3. The summed E-state index contributed by atoms with van der Waals surface area (Å²) in [6.07, 6.45) is 7.39. The molecule has 4 atom stereocenters. The Hall–Kier alpha value is -3.12. The van der Waals surface area contributed by atoms with Crippen LogP contribution in [0.25, 0.3) is 10.9 Å². The van der Waals surface area contributed by atoms with Crippen molar-refractivity contribution in [2.24, 2.45) is 5.92 Å². The average Bonchev–Trinajstić information content (AvgIpc) is 3.16. The molecule has 42 heavy (non-hydrogen) atoms. The third-order valence-electron chi connectivity index (χ3n) is 8.63. The molecule has 2 aliphatic rings. The molecule has 0 saturated carbocycles. The number of para-hydroxylation sites is 1. The minimum atomic E-state index is -3.52. The van der Waals surface area contributed by atoms with Crippen LogP contribution in [0.5, 0.6) is 0 Å². The Bertz CT molecular complexity index is 1560. The van der Waals surface area contributed by atoms with E-state index in [1.807, 2.05) is 44.2 Å². The van der Waals surface area contributed by atoms with E-state index in [1.54, 1.807) is 29.1 Å². The van der Waals surface area contributed by atoms with E-state index < -0.39 is 16.1 Å². The Kier molecular flexibility index (Phi) is 9.12. The van der Waals surface area contributed by atoms with Crippen molar-refractivity contribution in [3.05, 3.63) is 76.3 Å². The van der Waals surface area contributed by atoms with E-state index in [1.165, 1.54) is 4.31 Å². The van der Waals surface area contributed by atoms with Crippen LogP contribution >= 0.6 is 0 Å². The van der Waals surface area contributed by atoms with Gasteiger partial charge < -0.3 is 15.0 Å². The number of nitrogens with one attached hydrogen (secondary N) is 1. The SMILES string of the molecule is CC(C)n1c(=O)c(C(=O)NCC2C[C@H]3CC[C@@H](C2)N3CC(O)CN(Cc2cccnc2)S(C)(=O)=O)cc2ccccc21. The Morgan fingerprint density at radius 3 is 2.50 bits per heavy atom. The van der Waals surface area contributed by atoms with E-state index in [0.717, 1.165) is 48.4 Å². The largest absolute Gasteiger partial charge is 0.390 e. The van der Waals surface area contributed by atoms with Gasteiger partial charge in [0.1, 0.15) is 5.56 Å². The van der Waals surface area contributed by atoms with Gasteiger partial charge in [0, 0.05) is 56.7 Å². The molecule has 0 spiro atoms. The zero-order valence-electron chi connectivity index (χ0n) is 24.5. The van der Waals surface area contributed by atoms with Gasteiger partial charge >= 0.3 is 0 Å². The number of nitrogens with zero attached hydrogens (tertiary/aromatic N) is 4. The highest BCUT2D eigenvalue weighted by Gasteiger charge is 2.41. The molecule has 2 bridgehead atoms. The van der Waals surface area contributed by atoms with Gasteiger partial charge in [0.15, 0.2) is 0 Å². The van der Waals surface area contributed by atoms with Gasteiger partial charge in [-0.05, 0) is 74.6 Å². The molecule has 1 amide bonds. The van der Waals surface area contributed by atoms with Gasteiger partial charge in [-0.1, -0.05) is 24.3 Å². The van der Waals surface area contributed by atoms with Crippen molar-refractivity contribution in [1.82, 2.24) is 24.1 Å². The number of sulfonamides is 1. The number of rotatable bonds is 11. The predicted octanol–water partition coefficient (Wildman–Crippen LogP) is 2.77. The van der Waals surface area contributed by atoms with Gasteiger partial charge in [0.05, 0.1) is 17.9 Å². The Labute approximate surface area is 247 Å². The van der Waals surface area contributed by atoms with Gasteiger partial charge in [-0.15, -0.1) is 0 Å². The van der Waals surface area contributed by atoms with Crippen LogP contribution in [0.1, 0.15) is 61.5 Å². The van der Waals surface area contributed by atoms with E-state index in [0.29, 0.717) is 13.1 Å². The summed E-state index contributed by atoms with van der Waals surface area (Å²) in [4.78, 5) is 32.8. The van der Waals surface area contributed by atoms with Crippen LogP contribution in [-0.2, 0) is 16.6 Å². The molecule has 10 nitrogen and oxygen atoms in total. The number of pyridine rings is 2. The first-order valence-corrected chi connectivity index (χ1v) is 16.6. The summed E-state index contributed by atoms with van der Waals surface area (Å²) in [5.41, 5.74) is 1.46. The maximum atomic E-state index is 13.2. The highest BCUT2D eigenvalue weighted by Crippen LogP contribution is 2.38. The van der Waals surface area contributed by atoms with Crippen molar-refractivity contribution < 1.29 is 18.3 Å². The lowest BCUT2D eigenvalue weighted by Crippen LogP contribution is -2.50. The molecule has 2 unspecified atom stereocenters. The summed E-state index contributed by atoms with van der Waals surface area (Å²) in [5, 5.41) is 14.8. The van der Waals surface area contributed by atoms with E-state index in [-0.39, 0.29) is 54.2 Å². The smallest absolute Gasteiger partial charge is 0.264 e. The monoisotopic (exact) mass is 595 g/mol. The van der Waals surface area contributed by atoms with E-state index in [9.17, 15) is 23.1 Å². The fourth-order valence-electron chi connectivity index (χ4n) is 6.69. The normalized spacial score (nSPS) is 21.7. The molecular formula is C31H41N5O5S. The van der Waals surface area contributed by atoms with E-state index in [4.69, 9.17) is 0 Å². The van der Waals surface area contributed by atoms with Crippen molar-refractivity contribution in [3.63, 3.8) is 0 Å². The lowest BCUT2D eigenvalue weighted by molar-refractivity contribution is 0.0371. The first-order valence-electron chi connectivity index (χ1n) is 14.7. The van der Waals surface area contributed by atoms with Crippen molar-refractivity contribution in [2.45, 2.75) is 70.3 Å². The molecule has 11 heteroatoms. The maximum absolute atomic E-state index is 13.2. The van der Waals surface area contributed by atoms with Gasteiger partial charge in [-0.2, -0.15) is 4.31 Å². The van der Waals surface area contributed by atoms with E-state index >= 15 is 0 Å². The molecule has 3 aromatic rings. The number of carbonyl (C=O) groups excluding carboxylic acids is 1. The second-order valence-corrected chi connectivity index (χ2v) is 14.1. The number of carbonyl (C=O) groups is 1. The lowest BCUT2D eigenvalue weighted by atomic mass is 9.90. The minimum absolute atomic E-state index is 0.0167. The van der Waals surface area contributed by atoms with Crippen molar-refractivity contribution >= 4 is 26.8 Å². The molecule has 2 saturated heterocycles. The molecule has 2 fully saturated rings. The van der Waals surface area contributed by atoms with Gasteiger partial charge in [0.2, 0.25) is 10.0 Å². The number of fused-ring (bicyclic) bond motifs is 3. The van der Waals surface area contributed by atoms with Gasteiger partial charge in [-0.3, -0.25) is 19.5 Å². The number of piperidine rings is 1. The lowest BCUT2D eigenvalue weighted by Gasteiger charge is -2.40. The highest BCUT2D eigenvalue weighted by molar-refractivity contribution is 7.88. The Morgan fingerprint density at radius 1 is 1.14 bits per heavy atom. The minimum Gasteiger partial charge on any atom is -0.390 e. The fraction of sp³-hybridized carbons (Fsp3) is 0.516. The summed E-state index contributed by atoms with van der Waals surface area (Å²) in [5.74, 6) is -0.0782. The zero-order chi connectivity index (χ0) is 30.0. The van der Waals surface area contributed by atoms with Crippen molar-refractivity contribution in [3.8, 4) is 0 Å². The molecule has 2 aromatic heterocycles. The molecule has 0 aliphatic carbocycles. The molecule has 0 radical (unpaired) electrons. The Balaban J connectivity index is 1.19. The third kappa shape index (κ3) is 6.75. The number of hydrogen-bond acceptors (Lipinski definition) is 7. The van der Waals surface area contributed by atoms with Crippen LogP contribution in [0.15, 0.2) is 59.7 Å². The fourth-order valence-corrected chi connectivity index (χ4v) is 7.52. The second-order valence-electron chi connectivity index (χ2n) is 12.1. The summed E-state index contributed by atoms with van der Waals surface area (Å²) >= 11 is 0. The molecule has 5 rings (SSSR count). The third-order valence-corrected chi connectivity index (χ3v) is 9.84. The molecule has 4 heterocycles. The molecule has 2 N–H and O–H groups in total. The summed E-state index contributed by atoms with van der Waals surface area (Å²) in [6.45, 7) is 4.95. The maximum Gasteiger partial charge on any atom is 0.264 e. The van der Waals surface area contributed by atoms with Crippen LogP contribution in [0.4, 0.5) is 0 Å². The van der Waals surface area contributed by atoms with Crippen LogP contribution in [-0.4, -0.2) is 82.3 Å². The summed E-state index contributed by atoms with van der Waals surface area (Å²) in [6, 6.07) is 13.3. The number of aromatic nitrogens is 2. The summed E-state index contributed by atoms with van der Waals surface area (Å²) < 4.78 is 27.9. The van der Waals surface area contributed by atoms with Crippen LogP contribution in [0.2, 0.25) is 0 Å². The molecule has 2 aliphatic heterocycles. The number of benzene rings is 1. The summed E-state index contributed by atoms with van der Waals surface area (Å²) in [7, 11) is -3.52. The van der Waals surface area contributed by atoms with Crippen LogP contribution in [0.3, 0.4) is 0 Å². The topological polar surface area (TPSA) is 125 Å². The number of hydrogen-bond donors (Lipinski definition) is 2. The average molecular weight is 596 g/mol. The predicted molar refractivity (Wildman–Crippen MR) is 163 cm³/mol.